The van der Waals surface area contributed by atoms with Crippen LogP contribution < -0.4 is 0 Å². The highest BCUT2D eigenvalue weighted by molar-refractivity contribution is 5.27. The van der Waals surface area contributed by atoms with Crippen LogP contribution >= 0.6 is 0 Å². The Morgan fingerprint density at radius 3 is 2.00 bits per heavy atom. The highest BCUT2D eigenvalue weighted by Crippen LogP contribution is 2.30. The second-order valence-corrected chi connectivity index (χ2v) is 6.69. The van der Waals surface area contributed by atoms with Gasteiger partial charge in [-0.05, 0) is 30.9 Å². The van der Waals surface area contributed by atoms with Gasteiger partial charge in [0.1, 0.15) is 0 Å². The standard InChI is InChI=1S/C22H28O/c1-17(2)15-21(20-13-9-6-10-14-20)22(18(3)4)23-16-19-11-7-5-8-12-19/h5-15,18,21-22H,16H2,1-4H3/t21-,22-/m0/s1. The van der Waals surface area contributed by atoms with E-state index >= 15 is 0 Å². The average Bonchev–Trinajstić information content (AvgIpc) is 2.55. The van der Waals surface area contributed by atoms with E-state index in [-0.39, 0.29) is 12.0 Å². The summed E-state index contributed by atoms with van der Waals surface area (Å²) in [7, 11) is 0. The van der Waals surface area contributed by atoms with Gasteiger partial charge in [-0.3, -0.25) is 0 Å². The van der Waals surface area contributed by atoms with Crippen LogP contribution in [0.4, 0.5) is 0 Å². The maximum absolute atomic E-state index is 6.36. The molecule has 2 atom stereocenters. The van der Waals surface area contributed by atoms with Crippen molar-refractivity contribution < 1.29 is 4.74 Å². The van der Waals surface area contributed by atoms with Gasteiger partial charge < -0.3 is 4.74 Å². The number of hydrogen-bond donors (Lipinski definition) is 0. The quantitative estimate of drug-likeness (QED) is 0.572. The molecular weight excluding hydrogens is 280 g/mol. The van der Waals surface area contributed by atoms with E-state index in [0.29, 0.717) is 12.5 Å². The van der Waals surface area contributed by atoms with Crippen molar-refractivity contribution in [3.05, 3.63) is 83.4 Å². The van der Waals surface area contributed by atoms with Crippen LogP contribution in [0.3, 0.4) is 0 Å². The van der Waals surface area contributed by atoms with Crippen LogP contribution in [-0.2, 0) is 11.3 Å². The predicted octanol–water partition coefficient (Wildman–Crippen LogP) is 5.98. The summed E-state index contributed by atoms with van der Waals surface area (Å²) in [6, 6.07) is 21.1. The number of rotatable bonds is 7. The van der Waals surface area contributed by atoms with Gasteiger partial charge in [0.05, 0.1) is 12.7 Å². The molecule has 0 unspecified atom stereocenters. The van der Waals surface area contributed by atoms with Crippen LogP contribution in [0.15, 0.2) is 72.3 Å². The predicted molar refractivity (Wildman–Crippen MR) is 98.5 cm³/mol. The van der Waals surface area contributed by atoms with Gasteiger partial charge in [0.25, 0.3) is 0 Å². The fourth-order valence-corrected chi connectivity index (χ4v) is 2.89. The Morgan fingerprint density at radius 1 is 0.913 bits per heavy atom. The highest BCUT2D eigenvalue weighted by atomic mass is 16.5. The van der Waals surface area contributed by atoms with Crippen LogP contribution in [0.5, 0.6) is 0 Å². The van der Waals surface area contributed by atoms with E-state index in [2.05, 4.69) is 88.4 Å². The molecule has 0 fully saturated rings. The average molecular weight is 308 g/mol. The minimum Gasteiger partial charge on any atom is -0.372 e. The molecule has 0 aromatic heterocycles. The summed E-state index contributed by atoms with van der Waals surface area (Å²) in [5.74, 6) is 0.726. The summed E-state index contributed by atoms with van der Waals surface area (Å²) in [5, 5.41) is 0. The lowest BCUT2D eigenvalue weighted by Crippen LogP contribution is -2.27. The number of ether oxygens (including phenoxy) is 1. The Balaban J connectivity index is 2.22. The third-order valence-corrected chi connectivity index (χ3v) is 3.99. The summed E-state index contributed by atoms with van der Waals surface area (Å²) in [6.45, 7) is 9.45. The molecule has 0 bridgehead atoms. The summed E-state index contributed by atoms with van der Waals surface area (Å²) in [6.07, 6.45) is 2.50. The molecule has 0 aliphatic rings. The Labute approximate surface area is 141 Å². The van der Waals surface area contributed by atoms with Gasteiger partial charge in [0, 0.05) is 5.92 Å². The van der Waals surface area contributed by atoms with Crippen LogP contribution in [0.2, 0.25) is 0 Å². The zero-order valence-corrected chi connectivity index (χ0v) is 14.7. The number of benzene rings is 2. The van der Waals surface area contributed by atoms with Crippen LogP contribution in [0, 0.1) is 5.92 Å². The van der Waals surface area contributed by atoms with E-state index in [1.54, 1.807) is 0 Å². The fraction of sp³-hybridized carbons (Fsp3) is 0.364. The third kappa shape index (κ3) is 5.37. The monoisotopic (exact) mass is 308 g/mol. The normalized spacial score (nSPS) is 13.6. The maximum atomic E-state index is 6.36. The number of hydrogen-bond acceptors (Lipinski definition) is 1. The summed E-state index contributed by atoms with van der Waals surface area (Å²) < 4.78 is 6.36. The smallest absolute Gasteiger partial charge is 0.0721 e. The molecule has 0 saturated carbocycles. The van der Waals surface area contributed by atoms with Crippen molar-refractivity contribution >= 4 is 0 Å². The van der Waals surface area contributed by atoms with Crippen molar-refractivity contribution in [3.8, 4) is 0 Å². The first-order chi connectivity index (χ1) is 11.1. The molecule has 0 aliphatic carbocycles. The molecule has 0 saturated heterocycles. The molecule has 0 radical (unpaired) electrons. The van der Waals surface area contributed by atoms with Crippen molar-refractivity contribution in [1.82, 2.24) is 0 Å². The first kappa shape index (κ1) is 17.5. The molecule has 2 aromatic rings. The largest absolute Gasteiger partial charge is 0.372 e. The van der Waals surface area contributed by atoms with Crippen LogP contribution in [0.1, 0.15) is 44.7 Å². The lowest BCUT2D eigenvalue weighted by atomic mass is 9.86. The first-order valence-corrected chi connectivity index (χ1v) is 8.43. The molecular formula is C22H28O. The Kier molecular flexibility index (Phi) is 6.61. The molecule has 23 heavy (non-hydrogen) atoms. The summed E-state index contributed by atoms with van der Waals surface area (Å²) in [4.78, 5) is 0. The minimum absolute atomic E-state index is 0.160. The fourth-order valence-electron chi connectivity index (χ4n) is 2.89. The molecule has 0 spiro atoms. The third-order valence-electron chi connectivity index (χ3n) is 3.99. The van der Waals surface area contributed by atoms with Crippen molar-refractivity contribution in [3.63, 3.8) is 0 Å². The Bertz CT molecular complexity index is 594. The Morgan fingerprint density at radius 2 is 1.48 bits per heavy atom. The summed E-state index contributed by atoms with van der Waals surface area (Å²) >= 11 is 0. The van der Waals surface area contributed by atoms with Crippen molar-refractivity contribution in [1.29, 1.82) is 0 Å². The van der Waals surface area contributed by atoms with E-state index in [4.69, 9.17) is 4.74 Å². The van der Waals surface area contributed by atoms with Crippen LogP contribution in [-0.4, -0.2) is 6.10 Å². The van der Waals surface area contributed by atoms with E-state index in [1.807, 2.05) is 6.07 Å². The van der Waals surface area contributed by atoms with E-state index in [1.165, 1.54) is 16.7 Å². The minimum atomic E-state index is 0.160. The van der Waals surface area contributed by atoms with Gasteiger partial charge in [-0.15, -0.1) is 0 Å². The lowest BCUT2D eigenvalue weighted by molar-refractivity contribution is 0.00135. The topological polar surface area (TPSA) is 9.23 Å². The maximum Gasteiger partial charge on any atom is 0.0721 e. The van der Waals surface area contributed by atoms with Crippen molar-refractivity contribution in [2.75, 3.05) is 0 Å². The van der Waals surface area contributed by atoms with E-state index in [0.717, 1.165) is 0 Å². The van der Waals surface area contributed by atoms with Crippen molar-refractivity contribution in [2.45, 2.75) is 46.3 Å². The number of allylic oxidation sites excluding steroid dienone is 1. The second kappa shape index (κ2) is 8.69. The van der Waals surface area contributed by atoms with Gasteiger partial charge in [0.15, 0.2) is 0 Å². The van der Waals surface area contributed by atoms with Gasteiger partial charge in [-0.25, -0.2) is 0 Å². The second-order valence-electron chi connectivity index (χ2n) is 6.69. The molecule has 0 aliphatic heterocycles. The van der Waals surface area contributed by atoms with Gasteiger partial charge >= 0.3 is 0 Å². The molecule has 2 rings (SSSR count). The lowest BCUT2D eigenvalue weighted by Gasteiger charge is -2.29. The molecule has 0 amide bonds. The highest BCUT2D eigenvalue weighted by Gasteiger charge is 2.25. The SMILES string of the molecule is CC(C)=C[C@@H](c1ccccc1)[C@@H](OCc1ccccc1)C(C)C. The zero-order valence-electron chi connectivity index (χ0n) is 14.7. The first-order valence-electron chi connectivity index (χ1n) is 8.43. The van der Waals surface area contributed by atoms with Gasteiger partial charge in [-0.1, -0.05) is 86.2 Å². The van der Waals surface area contributed by atoms with E-state index in [9.17, 15) is 0 Å². The molecule has 122 valence electrons. The van der Waals surface area contributed by atoms with Gasteiger partial charge in [-0.2, -0.15) is 0 Å². The van der Waals surface area contributed by atoms with Gasteiger partial charge in [0.2, 0.25) is 0 Å². The van der Waals surface area contributed by atoms with Crippen molar-refractivity contribution in [2.24, 2.45) is 5.92 Å². The summed E-state index contributed by atoms with van der Waals surface area (Å²) in [5.41, 5.74) is 3.87. The van der Waals surface area contributed by atoms with Crippen LogP contribution in [0.25, 0.3) is 0 Å². The molecule has 2 aromatic carbocycles. The molecule has 0 heterocycles. The van der Waals surface area contributed by atoms with E-state index < -0.39 is 0 Å². The molecule has 0 N–H and O–H groups in total. The zero-order chi connectivity index (χ0) is 16.7. The molecule has 1 heteroatoms. The Hall–Kier alpha value is -1.86. The molecule has 1 nitrogen and oxygen atoms in total.